The molecule has 1 rings (SSSR count). The third kappa shape index (κ3) is 2.10. The van der Waals surface area contributed by atoms with Crippen molar-refractivity contribution in [1.82, 2.24) is 5.32 Å². The molecule has 0 aliphatic heterocycles. The van der Waals surface area contributed by atoms with Gasteiger partial charge in [0.2, 0.25) is 0 Å². The summed E-state index contributed by atoms with van der Waals surface area (Å²) in [6.07, 6.45) is 3.92. The second-order valence-electron chi connectivity index (χ2n) is 3.04. The molecule has 1 amide bonds. The number of carboxylic acids is 1. The zero-order chi connectivity index (χ0) is 10.6. The van der Waals surface area contributed by atoms with Crippen molar-refractivity contribution >= 4 is 11.9 Å². The molecule has 0 aromatic rings. The number of amides is 1. The zero-order valence-corrected chi connectivity index (χ0v) is 7.54. The molecular formula is C9H10N2O3. The summed E-state index contributed by atoms with van der Waals surface area (Å²) in [6, 6.07) is 0. The Morgan fingerprint density at radius 2 is 1.86 bits per heavy atom. The molecule has 0 saturated carbocycles. The first-order valence-corrected chi connectivity index (χ1v) is 4.31. The van der Waals surface area contributed by atoms with E-state index in [9.17, 15) is 9.59 Å². The molecule has 1 aliphatic rings. The summed E-state index contributed by atoms with van der Waals surface area (Å²) in [6.45, 7) is 0. The molecule has 14 heavy (non-hydrogen) atoms. The Labute approximate surface area is 81.0 Å². The van der Waals surface area contributed by atoms with Gasteiger partial charge >= 0.3 is 5.97 Å². The van der Waals surface area contributed by atoms with Crippen LogP contribution in [0.2, 0.25) is 0 Å². The number of hydrogen-bond donors (Lipinski definition) is 2. The van der Waals surface area contributed by atoms with Gasteiger partial charge in [0.25, 0.3) is 5.91 Å². The molecule has 0 fully saturated rings. The molecule has 0 aromatic heterocycles. The van der Waals surface area contributed by atoms with E-state index in [1.165, 1.54) is 6.19 Å². The average molecular weight is 194 g/mol. The van der Waals surface area contributed by atoms with Crippen LogP contribution in [0.15, 0.2) is 11.1 Å². The van der Waals surface area contributed by atoms with Crippen molar-refractivity contribution in [3.05, 3.63) is 11.1 Å². The maximum atomic E-state index is 11.3. The van der Waals surface area contributed by atoms with Crippen LogP contribution in [-0.4, -0.2) is 17.0 Å². The first kappa shape index (κ1) is 10.3. The maximum Gasteiger partial charge on any atom is 0.332 e. The largest absolute Gasteiger partial charge is 0.478 e. The Morgan fingerprint density at radius 3 is 2.36 bits per heavy atom. The van der Waals surface area contributed by atoms with Crippen molar-refractivity contribution in [3.63, 3.8) is 0 Å². The van der Waals surface area contributed by atoms with E-state index in [1.54, 1.807) is 0 Å². The molecule has 0 heterocycles. The fraction of sp³-hybridized carbons (Fsp3) is 0.444. The van der Waals surface area contributed by atoms with E-state index in [4.69, 9.17) is 10.4 Å². The van der Waals surface area contributed by atoms with Crippen molar-refractivity contribution in [3.8, 4) is 6.19 Å². The Morgan fingerprint density at radius 1 is 1.29 bits per heavy atom. The standard InChI is InChI=1S/C9H10N2O3/c10-5-11-8(12)6-3-1-2-4-7(6)9(13)14/h1-4H2,(H,11,12)(H,13,14). The lowest BCUT2D eigenvalue weighted by Gasteiger charge is -2.15. The van der Waals surface area contributed by atoms with Crippen LogP contribution in [0.5, 0.6) is 0 Å². The summed E-state index contributed by atoms with van der Waals surface area (Å²) in [7, 11) is 0. The van der Waals surface area contributed by atoms with Crippen molar-refractivity contribution in [2.24, 2.45) is 0 Å². The highest BCUT2D eigenvalue weighted by Gasteiger charge is 2.23. The molecule has 0 atom stereocenters. The van der Waals surface area contributed by atoms with Gasteiger partial charge in [-0.15, -0.1) is 0 Å². The molecule has 0 spiro atoms. The van der Waals surface area contributed by atoms with Crippen LogP contribution < -0.4 is 5.32 Å². The third-order valence-corrected chi connectivity index (χ3v) is 2.17. The SMILES string of the molecule is N#CNC(=O)C1=C(C(=O)O)CCCC1. The monoisotopic (exact) mass is 194 g/mol. The minimum atomic E-state index is -1.06. The van der Waals surface area contributed by atoms with Crippen molar-refractivity contribution in [2.45, 2.75) is 25.7 Å². The summed E-state index contributed by atoms with van der Waals surface area (Å²) in [5.41, 5.74) is 0.384. The van der Waals surface area contributed by atoms with Gasteiger partial charge in [-0.25, -0.2) is 4.79 Å². The van der Waals surface area contributed by atoms with Gasteiger partial charge in [-0.05, 0) is 25.7 Å². The predicted octanol–water partition coefficient (Wildman–Crippen LogP) is 0.539. The lowest BCUT2D eigenvalue weighted by Crippen LogP contribution is -2.24. The number of carbonyl (C=O) groups excluding carboxylic acids is 1. The van der Waals surface area contributed by atoms with Gasteiger partial charge in [-0.1, -0.05) is 0 Å². The van der Waals surface area contributed by atoms with Gasteiger partial charge in [0.15, 0.2) is 6.19 Å². The van der Waals surface area contributed by atoms with E-state index in [0.29, 0.717) is 12.8 Å². The van der Waals surface area contributed by atoms with Crippen molar-refractivity contribution in [2.75, 3.05) is 0 Å². The topological polar surface area (TPSA) is 90.2 Å². The Kier molecular flexibility index (Phi) is 3.24. The molecule has 5 heteroatoms. The third-order valence-electron chi connectivity index (χ3n) is 2.17. The van der Waals surface area contributed by atoms with Crippen molar-refractivity contribution in [1.29, 1.82) is 5.26 Å². The molecule has 0 bridgehead atoms. The highest BCUT2D eigenvalue weighted by atomic mass is 16.4. The van der Waals surface area contributed by atoms with Crippen LogP contribution in [0.4, 0.5) is 0 Å². The number of hydrogen-bond acceptors (Lipinski definition) is 3. The highest BCUT2D eigenvalue weighted by molar-refractivity contribution is 6.02. The van der Waals surface area contributed by atoms with E-state index in [-0.39, 0.29) is 11.1 Å². The van der Waals surface area contributed by atoms with Gasteiger partial charge in [-0.2, -0.15) is 5.26 Å². The normalized spacial score (nSPS) is 15.9. The van der Waals surface area contributed by atoms with E-state index < -0.39 is 11.9 Å². The lowest BCUT2D eigenvalue weighted by atomic mass is 9.91. The number of carboxylic acid groups (broad SMARTS) is 1. The van der Waals surface area contributed by atoms with E-state index in [0.717, 1.165) is 12.8 Å². The molecule has 0 unspecified atom stereocenters. The Balaban J connectivity index is 2.95. The number of nitrogens with zero attached hydrogens (tertiary/aromatic N) is 1. The van der Waals surface area contributed by atoms with Crippen LogP contribution >= 0.6 is 0 Å². The highest BCUT2D eigenvalue weighted by Crippen LogP contribution is 2.24. The quantitative estimate of drug-likeness (QED) is 0.495. The molecule has 74 valence electrons. The molecule has 2 N–H and O–H groups in total. The number of aliphatic carboxylic acids is 1. The van der Waals surface area contributed by atoms with Crippen LogP contribution in [-0.2, 0) is 9.59 Å². The first-order chi connectivity index (χ1) is 6.66. The Bertz CT molecular complexity index is 338. The van der Waals surface area contributed by atoms with E-state index in [1.807, 2.05) is 5.32 Å². The predicted molar refractivity (Wildman–Crippen MR) is 46.9 cm³/mol. The number of carbonyl (C=O) groups is 2. The molecule has 0 saturated heterocycles. The zero-order valence-electron chi connectivity index (χ0n) is 7.54. The summed E-state index contributed by atoms with van der Waals surface area (Å²) >= 11 is 0. The van der Waals surface area contributed by atoms with Crippen molar-refractivity contribution < 1.29 is 14.7 Å². The lowest BCUT2D eigenvalue weighted by molar-refractivity contribution is -0.133. The van der Waals surface area contributed by atoms with Gasteiger partial charge < -0.3 is 5.11 Å². The van der Waals surface area contributed by atoms with Gasteiger partial charge in [0.05, 0.1) is 0 Å². The fourth-order valence-corrected chi connectivity index (χ4v) is 1.52. The first-order valence-electron chi connectivity index (χ1n) is 4.31. The second kappa shape index (κ2) is 4.42. The van der Waals surface area contributed by atoms with E-state index >= 15 is 0 Å². The fourth-order valence-electron chi connectivity index (χ4n) is 1.52. The van der Waals surface area contributed by atoms with Gasteiger partial charge in [0.1, 0.15) is 0 Å². The van der Waals surface area contributed by atoms with Gasteiger partial charge in [-0.3, -0.25) is 10.1 Å². The van der Waals surface area contributed by atoms with Crippen LogP contribution in [0, 0.1) is 11.5 Å². The molecule has 5 nitrogen and oxygen atoms in total. The smallest absolute Gasteiger partial charge is 0.332 e. The minimum Gasteiger partial charge on any atom is -0.478 e. The summed E-state index contributed by atoms with van der Waals surface area (Å²) < 4.78 is 0. The summed E-state index contributed by atoms with van der Waals surface area (Å²) in [5, 5.41) is 19.0. The Hall–Kier alpha value is -1.83. The number of nitriles is 1. The molecule has 0 radical (unpaired) electrons. The number of nitrogens with one attached hydrogen (secondary N) is 1. The molecule has 1 aliphatic carbocycles. The van der Waals surface area contributed by atoms with Crippen LogP contribution in [0.3, 0.4) is 0 Å². The number of rotatable bonds is 2. The second-order valence-corrected chi connectivity index (χ2v) is 3.04. The van der Waals surface area contributed by atoms with E-state index in [2.05, 4.69) is 0 Å². The molecular weight excluding hydrogens is 184 g/mol. The van der Waals surface area contributed by atoms with Crippen LogP contribution in [0.1, 0.15) is 25.7 Å². The summed E-state index contributed by atoms with van der Waals surface area (Å²) in [5.74, 6) is -1.64. The summed E-state index contributed by atoms with van der Waals surface area (Å²) in [4.78, 5) is 22.0. The molecule has 0 aromatic carbocycles. The van der Waals surface area contributed by atoms with Gasteiger partial charge in [0, 0.05) is 11.1 Å². The average Bonchev–Trinajstić information content (AvgIpc) is 2.18. The maximum absolute atomic E-state index is 11.3. The van der Waals surface area contributed by atoms with Crippen LogP contribution in [0.25, 0.3) is 0 Å². The minimum absolute atomic E-state index is 0.143.